The summed E-state index contributed by atoms with van der Waals surface area (Å²) in [5.74, 6) is 3.39. The Kier molecular flexibility index (Phi) is 5.54. The Morgan fingerprint density at radius 1 is 1.21 bits per heavy atom. The highest BCUT2D eigenvalue weighted by atomic mass is 16.3. The van der Waals surface area contributed by atoms with Gasteiger partial charge in [-0.2, -0.15) is 5.26 Å². The fraction of sp³-hybridized carbons (Fsp3) is 0.364. The number of hydrogen-bond acceptors (Lipinski definition) is 7. The molecule has 0 aromatic carbocycles. The molecule has 4 heterocycles. The van der Waals surface area contributed by atoms with Crippen molar-refractivity contribution in [2.24, 2.45) is 0 Å². The normalized spacial score (nSPS) is 17.1. The topological polar surface area (TPSA) is 90.9 Å². The molecule has 148 valence electrons. The van der Waals surface area contributed by atoms with E-state index >= 15 is 0 Å². The van der Waals surface area contributed by atoms with Crippen LogP contribution in [0.5, 0.6) is 0 Å². The standard InChI is InChI=1S/C22H24N6O/c1-15-6-9-19(29-15)14-28-10-4-3-5-21(28)20-11-22(26-16(2)25-20)27-18-8-7-17(12-23)24-13-18/h6-9,11,13,21H,3-5,10,14H2,1-2H3,(H,25,26,27)/t21-/m1/s1. The van der Waals surface area contributed by atoms with Gasteiger partial charge < -0.3 is 9.73 Å². The van der Waals surface area contributed by atoms with Gasteiger partial charge in [-0.15, -0.1) is 0 Å². The minimum atomic E-state index is 0.232. The predicted octanol–water partition coefficient (Wildman–Crippen LogP) is 4.42. The number of nitrogens with one attached hydrogen (secondary N) is 1. The van der Waals surface area contributed by atoms with Gasteiger partial charge in [0.1, 0.15) is 34.9 Å². The zero-order valence-corrected chi connectivity index (χ0v) is 16.7. The van der Waals surface area contributed by atoms with Gasteiger partial charge in [-0.25, -0.2) is 15.0 Å². The monoisotopic (exact) mass is 388 g/mol. The van der Waals surface area contributed by atoms with Crippen molar-refractivity contribution in [2.75, 3.05) is 11.9 Å². The van der Waals surface area contributed by atoms with Crippen LogP contribution in [0, 0.1) is 25.2 Å². The van der Waals surface area contributed by atoms with Crippen molar-refractivity contribution in [2.45, 2.75) is 45.7 Å². The molecular weight excluding hydrogens is 364 g/mol. The van der Waals surface area contributed by atoms with Crippen molar-refractivity contribution < 1.29 is 4.42 Å². The molecule has 7 heteroatoms. The number of piperidine rings is 1. The lowest BCUT2D eigenvalue weighted by molar-refractivity contribution is 0.126. The summed E-state index contributed by atoms with van der Waals surface area (Å²) in [6, 6.07) is 11.9. The molecule has 0 spiro atoms. The predicted molar refractivity (Wildman–Crippen MR) is 109 cm³/mol. The van der Waals surface area contributed by atoms with Crippen LogP contribution < -0.4 is 5.32 Å². The zero-order chi connectivity index (χ0) is 20.2. The van der Waals surface area contributed by atoms with E-state index < -0.39 is 0 Å². The lowest BCUT2D eigenvalue weighted by atomic mass is 9.98. The molecule has 3 aromatic rings. The molecule has 0 amide bonds. The maximum Gasteiger partial charge on any atom is 0.140 e. The molecular formula is C22H24N6O. The Labute approximate surface area is 170 Å². The minimum absolute atomic E-state index is 0.232. The maximum atomic E-state index is 8.90. The second-order valence-corrected chi connectivity index (χ2v) is 7.39. The lowest BCUT2D eigenvalue weighted by Crippen LogP contribution is -2.33. The summed E-state index contributed by atoms with van der Waals surface area (Å²) in [7, 11) is 0. The fourth-order valence-electron chi connectivity index (χ4n) is 3.79. The molecule has 0 unspecified atom stereocenters. The Bertz CT molecular complexity index is 1020. The van der Waals surface area contributed by atoms with Crippen molar-refractivity contribution in [3.8, 4) is 6.07 Å². The van der Waals surface area contributed by atoms with E-state index in [1.165, 1.54) is 12.8 Å². The summed E-state index contributed by atoms with van der Waals surface area (Å²) in [6.45, 7) is 5.69. The number of nitrogens with zero attached hydrogens (tertiary/aromatic N) is 5. The van der Waals surface area contributed by atoms with Crippen LogP contribution in [-0.2, 0) is 6.54 Å². The smallest absolute Gasteiger partial charge is 0.140 e. The average molecular weight is 388 g/mol. The van der Waals surface area contributed by atoms with Gasteiger partial charge in [0.25, 0.3) is 0 Å². The van der Waals surface area contributed by atoms with E-state index in [0.29, 0.717) is 5.69 Å². The fourth-order valence-corrected chi connectivity index (χ4v) is 3.79. The van der Waals surface area contributed by atoms with E-state index in [1.807, 2.05) is 38.1 Å². The number of furan rings is 1. The van der Waals surface area contributed by atoms with Crippen molar-refractivity contribution >= 4 is 11.5 Å². The zero-order valence-electron chi connectivity index (χ0n) is 16.7. The number of likely N-dealkylation sites (tertiary alicyclic amines) is 1. The molecule has 1 N–H and O–H groups in total. The third-order valence-electron chi connectivity index (χ3n) is 5.12. The molecule has 4 rings (SSSR count). The van der Waals surface area contributed by atoms with Gasteiger partial charge in [-0.05, 0) is 57.5 Å². The van der Waals surface area contributed by atoms with Crippen LogP contribution in [0.1, 0.15) is 54.0 Å². The number of aromatic nitrogens is 3. The van der Waals surface area contributed by atoms with Crippen molar-refractivity contribution in [1.82, 2.24) is 19.9 Å². The average Bonchev–Trinajstić information content (AvgIpc) is 3.13. The summed E-state index contributed by atoms with van der Waals surface area (Å²) < 4.78 is 5.80. The van der Waals surface area contributed by atoms with Gasteiger partial charge in [0.15, 0.2) is 0 Å². The van der Waals surface area contributed by atoms with E-state index in [4.69, 9.17) is 14.7 Å². The third-order valence-corrected chi connectivity index (χ3v) is 5.12. The third kappa shape index (κ3) is 4.61. The van der Waals surface area contributed by atoms with Crippen molar-refractivity contribution in [3.63, 3.8) is 0 Å². The van der Waals surface area contributed by atoms with Gasteiger partial charge in [-0.1, -0.05) is 6.42 Å². The molecule has 0 radical (unpaired) electrons. The Hall–Kier alpha value is -3.24. The highest BCUT2D eigenvalue weighted by molar-refractivity contribution is 5.55. The van der Waals surface area contributed by atoms with Gasteiger partial charge in [0.05, 0.1) is 30.2 Å². The van der Waals surface area contributed by atoms with Crippen LogP contribution in [0.3, 0.4) is 0 Å². The highest BCUT2D eigenvalue weighted by Crippen LogP contribution is 2.32. The number of pyridine rings is 1. The van der Waals surface area contributed by atoms with Crippen LogP contribution in [0.2, 0.25) is 0 Å². The van der Waals surface area contributed by atoms with Gasteiger partial charge in [0, 0.05) is 6.07 Å². The summed E-state index contributed by atoms with van der Waals surface area (Å²) in [6.07, 6.45) is 5.07. The van der Waals surface area contributed by atoms with E-state index in [2.05, 4.69) is 26.3 Å². The Balaban J connectivity index is 1.56. The Morgan fingerprint density at radius 2 is 2.10 bits per heavy atom. The molecule has 3 aromatic heterocycles. The number of hydrogen-bond donors (Lipinski definition) is 1. The first-order chi connectivity index (χ1) is 14.1. The van der Waals surface area contributed by atoms with Crippen LogP contribution in [-0.4, -0.2) is 26.4 Å². The van der Waals surface area contributed by atoms with Crippen LogP contribution in [0.25, 0.3) is 0 Å². The molecule has 1 aliphatic rings. The highest BCUT2D eigenvalue weighted by Gasteiger charge is 2.26. The summed E-state index contributed by atoms with van der Waals surface area (Å²) in [5, 5.41) is 12.2. The summed E-state index contributed by atoms with van der Waals surface area (Å²) in [4.78, 5) is 15.8. The molecule has 1 fully saturated rings. The molecule has 7 nitrogen and oxygen atoms in total. The van der Waals surface area contributed by atoms with E-state index in [9.17, 15) is 0 Å². The first-order valence-electron chi connectivity index (χ1n) is 9.89. The summed E-state index contributed by atoms with van der Waals surface area (Å²) >= 11 is 0. The van der Waals surface area contributed by atoms with Crippen LogP contribution >= 0.6 is 0 Å². The van der Waals surface area contributed by atoms with E-state index in [-0.39, 0.29) is 6.04 Å². The van der Waals surface area contributed by atoms with E-state index in [1.54, 1.807) is 12.3 Å². The molecule has 1 atom stereocenters. The number of anilines is 2. The van der Waals surface area contributed by atoms with Crippen molar-refractivity contribution in [1.29, 1.82) is 5.26 Å². The molecule has 0 aliphatic carbocycles. The van der Waals surface area contributed by atoms with Gasteiger partial charge in [0.2, 0.25) is 0 Å². The second-order valence-electron chi connectivity index (χ2n) is 7.39. The molecule has 0 saturated carbocycles. The number of aryl methyl sites for hydroxylation is 2. The lowest BCUT2D eigenvalue weighted by Gasteiger charge is -2.34. The quantitative estimate of drug-likeness (QED) is 0.691. The van der Waals surface area contributed by atoms with Crippen LogP contribution in [0.15, 0.2) is 40.9 Å². The molecule has 1 saturated heterocycles. The van der Waals surface area contributed by atoms with Crippen LogP contribution in [0.4, 0.5) is 11.5 Å². The second kappa shape index (κ2) is 8.41. The summed E-state index contributed by atoms with van der Waals surface area (Å²) in [5.41, 5.74) is 2.20. The SMILES string of the molecule is Cc1nc(Nc2ccc(C#N)nc2)cc([C@H]2CCCCN2Cc2ccc(C)o2)n1. The maximum absolute atomic E-state index is 8.90. The largest absolute Gasteiger partial charge is 0.465 e. The Morgan fingerprint density at radius 3 is 2.83 bits per heavy atom. The van der Waals surface area contributed by atoms with Gasteiger partial charge in [-0.3, -0.25) is 4.90 Å². The minimum Gasteiger partial charge on any atom is -0.465 e. The molecule has 29 heavy (non-hydrogen) atoms. The molecule has 1 aliphatic heterocycles. The number of rotatable bonds is 5. The first kappa shape index (κ1) is 19.1. The van der Waals surface area contributed by atoms with E-state index in [0.717, 1.165) is 54.1 Å². The molecule has 0 bridgehead atoms. The van der Waals surface area contributed by atoms with Gasteiger partial charge >= 0.3 is 0 Å². The first-order valence-corrected chi connectivity index (χ1v) is 9.89. The number of nitriles is 1. The van der Waals surface area contributed by atoms with Crippen molar-refractivity contribution in [3.05, 3.63) is 65.3 Å².